The Bertz CT molecular complexity index is 735. The first-order valence-electron chi connectivity index (χ1n) is 7.05. The molecule has 0 aliphatic carbocycles. The Kier molecular flexibility index (Phi) is 3.84. The lowest BCUT2D eigenvalue weighted by atomic mass is 10.1. The van der Waals surface area contributed by atoms with E-state index in [1.54, 1.807) is 12.2 Å². The van der Waals surface area contributed by atoms with Gasteiger partial charge >= 0.3 is 11.9 Å². The lowest BCUT2D eigenvalue weighted by Gasteiger charge is -2.44. The normalized spacial score (nSPS) is 29.3. The molecule has 0 saturated carbocycles. The highest BCUT2D eigenvalue weighted by Crippen LogP contribution is 2.36. The van der Waals surface area contributed by atoms with Gasteiger partial charge in [-0.15, -0.1) is 5.06 Å². The van der Waals surface area contributed by atoms with Gasteiger partial charge in [0.1, 0.15) is 5.84 Å². The number of amides is 3. The highest BCUT2D eigenvalue weighted by molar-refractivity contribution is 6.09. The Morgan fingerprint density at radius 2 is 1.92 bits per heavy atom. The van der Waals surface area contributed by atoms with Crippen molar-refractivity contribution in [3.05, 3.63) is 42.0 Å². The zero-order chi connectivity index (χ0) is 17.4. The second-order valence-electron chi connectivity index (χ2n) is 5.12. The Labute approximate surface area is 137 Å². The Balaban J connectivity index is 1.99. The van der Waals surface area contributed by atoms with Gasteiger partial charge in [-0.1, -0.05) is 36.4 Å². The third-order valence-corrected chi connectivity index (χ3v) is 3.78. The maximum absolute atomic E-state index is 12.3. The second-order valence-corrected chi connectivity index (χ2v) is 5.12. The molecule has 2 heterocycles. The molecule has 1 fully saturated rings. The largest absolute Gasteiger partial charge is 0.352 e. The summed E-state index contributed by atoms with van der Waals surface area (Å²) in [5.74, 6) is -3.11. The minimum atomic E-state index is -2.38. The number of hydrogen-bond acceptors (Lipinski definition) is 7. The van der Waals surface area contributed by atoms with Gasteiger partial charge in [0, 0.05) is 7.11 Å². The van der Waals surface area contributed by atoms with Crippen LogP contribution in [0.2, 0.25) is 0 Å². The van der Waals surface area contributed by atoms with Gasteiger partial charge in [-0.05, 0) is 11.6 Å². The van der Waals surface area contributed by atoms with Crippen LogP contribution in [0.3, 0.4) is 0 Å². The van der Waals surface area contributed by atoms with Crippen molar-refractivity contribution < 1.29 is 24.3 Å². The SMILES string of the molecule is CON1C(=O)NC(=O)C2(OC)NC(/C=C/c3ccccc3)=NC12O. The zero-order valence-electron chi connectivity index (χ0n) is 13.0. The van der Waals surface area contributed by atoms with Crippen molar-refractivity contribution in [3.63, 3.8) is 0 Å². The number of fused-ring (bicyclic) bond motifs is 1. The third-order valence-electron chi connectivity index (χ3n) is 3.78. The molecule has 0 aromatic heterocycles. The number of nitrogens with zero attached hydrogens (tertiary/aromatic N) is 2. The lowest BCUT2D eigenvalue weighted by molar-refractivity contribution is -0.308. The van der Waals surface area contributed by atoms with Gasteiger partial charge in [0.2, 0.25) is 0 Å². The number of rotatable bonds is 4. The summed E-state index contributed by atoms with van der Waals surface area (Å²) >= 11 is 0. The average Bonchev–Trinajstić information content (AvgIpc) is 2.88. The third kappa shape index (κ3) is 2.18. The summed E-state index contributed by atoms with van der Waals surface area (Å²) < 4.78 is 5.19. The molecule has 0 radical (unpaired) electrons. The van der Waals surface area contributed by atoms with Gasteiger partial charge in [0.25, 0.3) is 11.6 Å². The van der Waals surface area contributed by atoms with Crippen molar-refractivity contribution in [1.29, 1.82) is 0 Å². The molecule has 0 spiro atoms. The van der Waals surface area contributed by atoms with Crippen LogP contribution in [0.25, 0.3) is 6.08 Å². The Hall–Kier alpha value is -2.75. The van der Waals surface area contributed by atoms with Crippen LogP contribution in [0.4, 0.5) is 4.79 Å². The highest BCUT2D eigenvalue weighted by atomic mass is 16.7. The first kappa shape index (κ1) is 16.1. The first-order valence-corrected chi connectivity index (χ1v) is 7.05. The molecule has 3 N–H and O–H groups in total. The summed E-state index contributed by atoms with van der Waals surface area (Å²) in [6, 6.07) is 8.41. The van der Waals surface area contributed by atoms with Crippen molar-refractivity contribution in [1.82, 2.24) is 15.7 Å². The topological polar surface area (TPSA) is 112 Å². The number of benzene rings is 1. The highest BCUT2D eigenvalue weighted by Gasteiger charge is 2.70. The number of carbonyl (C=O) groups excluding carboxylic acids is 2. The van der Waals surface area contributed by atoms with Gasteiger partial charge in [0.05, 0.1) is 7.11 Å². The minimum Gasteiger partial charge on any atom is -0.347 e. The number of hydroxylamine groups is 2. The average molecular weight is 332 g/mol. The second kappa shape index (κ2) is 5.71. The fraction of sp³-hybridized carbons (Fsp3) is 0.267. The number of aliphatic imine (C=N–C) groups is 1. The van der Waals surface area contributed by atoms with Crippen molar-refractivity contribution >= 4 is 23.8 Å². The molecule has 2 atom stereocenters. The van der Waals surface area contributed by atoms with Gasteiger partial charge in [-0.3, -0.25) is 14.9 Å². The summed E-state index contributed by atoms with van der Waals surface area (Å²) in [6.07, 6.45) is 3.28. The molecule has 1 aromatic carbocycles. The van der Waals surface area contributed by atoms with Crippen LogP contribution < -0.4 is 10.6 Å². The van der Waals surface area contributed by atoms with E-state index in [9.17, 15) is 14.7 Å². The molecule has 9 heteroatoms. The monoisotopic (exact) mass is 332 g/mol. The van der Waals surface area contributed by atoms with Gasteiger partial charge in [-0.25, -0.2) is 9.79 Å². The molecular formula is C15H16N4O5. The van der Waals surface area contributed by atoms with Gasteiger partial charge in [-0.2, -0.15) is 0 Å². The molecule has 126 valence electrons. The van der Waals surface area contributed by atoms with Crippen molar-refractivity contribution in [2.45, 2.75) is 11.6 Å². The van der Waals surface area contributed by atoms with E-state index in [2.05, 4.69) is 10.3 Å². The number of urea groups is 1. The molecule has 1 saturated heterocycles. The molecule has 9 nitrogen and oxygen atoms in total. The van der Waals surface area contributed by atoms with E-state index in [1.807, 2.05) is 35.6 Å². The molecule has 3 amide bonds. The summed E-state index contributed by atoms with van der Waals surface area (Å²) in [7, 11) is 2.38. The number of aliphatic hydroxyl groups is 1. The van der Waals surface area contributed by atoms with Crippen molar-refractivity contribution in [2.24, 2.45) is 4.99 Å². The van der Waals surface area contributed by atoms with E-state index in [-0.39, 0.29) is 5.84 Å². The number of nitrogens with one attached hydrogen (secondary N) is 2. The van der Waals surface area contributed by atoms with E-state index in [4.69, 9.17) is 9.57 Å². The molecule has 2 aliphatic rings. The first-order chi connectivity index (χ1) is 11.5. The van der Waals surface area contributed by atoms with E-state index in [1.165, 1.54) is 14.2 Å². The van der Waals surface area contributed by atoms with Crippen LogP contribution >= 0.6 is 0 Å². The van der Waals surface area contributed by atoms with Crippen LogP contribution in [0.15, 0.2) is 41.4 Å². The van der Waals surface area contributed by atoms with Gasteiger partial charge in [0.15, 0.2) is 0 Å². The molecule has 24 heavy (non-hydrogen) atoms. The number of ether oxygens (including phenoxy) is 1. The molecule has 2 aliphatic heterocycles. The fourth-order valence-electron chi connectivity index (χ4n) is 2.62. The van der Waals surface area contributed by atoms with Crippen LogP contribution in [-0.4, -0.2) is 53.7 Å². The van der Waals surface area contributed by atoms with Crippen LogP contribution in [0, 0.1) is 0 Å². The molecule has 0 bridgehead atoms. The quantitative estimate of drug-likeness (QED) is 0.704. The fourth-order valence-corrected chi connectivity index (χ4v) is 2.62. The van der Waals surface area contributed by atoms with Crippen LogP contribution in [0.1, 0.15) is 5.56 Å². The minimum absolute atomic E-state index is 0.148. The summed E-state index contributed by atoms with van der Waals surface area (Å²) in [4.78, 5) is 33.0. The molecule has 2 unspecified atom stereocenters. The smallest absolute Gasteiger partial charge is 0.347 e. The number of amidine groups is 1. The van der Waals surface area contributed by atoms with Crippen molar-refractivity contribution in [2.75, 3.05) is 14.2 Å². The molecule has 3 rings (SSSR count). The van der Waals surface area contributed by atoms with E-state index >= 15 is 0 Å². The predicted molar refractivity (Wildman–Crippen MR) is 83.1 cm³/mol. The zero-order valence-corrected chi connectivity index (χ0v) is 13.0. The molecule has 1 aromatic rings. The van der Waals surface area contributed by atoms with Crippen LogP contribution in [0.5, 0.6) is 0 Å². The summed E-state index contributed by atoms with van der Waals surface area (Å²) in [5.41, 5.74) is -1.13. The lowest BCUT2D eigenvalue weighted by Crippen LogP contribution is -2.79. The Morgan fingerprint density at radius 1 is 1.21 bits per heavy atom. The maximum Gasteiger partial charge on any atom is 0.352 e. The Morgan fingerprint density at radius 3 is 2.54 bits per heavy atom. The van der Waals surface area contributed by atoms with Crippen molar-refractivity contribution in [3.8, 4) is 0 Å². The number of methoxy groups -OCH3 is 1. The number of hydrogen-bond donors (Lipinski definition) is 3. The van der Waals surface area contributed by atoms with E-state index < -0.39 is 23.5 Å². The van der Waals surface area contributed by atoms with Gasteiger partial charge < -0.3 is 15.2 Å². The number of carbonyl (C=O) groups is 2. The molecular weight excluding hydrogens is 316 g/mol. The standard InChI is InChI=1S/C15H16N4O5/c1-23-14-12(20)16-13(21)19(24-2)15(14,22)18-11(17-14)9-8-10-6-4-3-5-7-10/h3-9,22H,1-2H3,(H,17,18)(H,16,20,21)/b9-8+. The van der Waals surface area contributed by atoms with E-state index in [0.29, 0.717) is 5.06 Å². The number of imide groups is 1. The maximum atomic E-state index is 12.3. The van der Waals surface area contributed by atoms with Crippen LogP contribution in [-0.2, 0) is 14.4 Å². The predicted octanol–water partition coefficient (Wildman–Crippen LogP) is -0.196. The summed E-state index contributed by atoms with van der Waals surface area (Å²) in [5, 5.41) is 16.1. The van der Waals surface area contributed by atoms with E-state index in [0.717, 1.165) is 5.56 Å². The summed E-state index contributed by atoms with van der Waals surface area (Å²) in [6.45, 7) is 0.